The van der Waals surface area contributed by atoms with Crippen molar-refractivity contribution in [1.82, 2.24) is 10.2 Å². The number of urea groups is 1. The van der Waals surface area contributed by atoms with Crippen LogP contribution in [-0.4, -0.2) is 42.5 Å². The van der Waals surface area contributed by atoms with E-state index in [4.69, 9.17) is 5.73 Å². The molecule has 0 aliphatic carbocycles. The Morgan fingerprint density at radius 3 is 2.43 bits per heavy atom. The van der Waals surface area contributed by atoms with Gasteiger partial charge in [-0.1, -0.05) is 18.2 Å². The Morgan fingerprint density at radius 2 is 1.83 bits per heavy atom. The van der Waals surface area contributed by atoms with Crippen LogP contribution in [0.1, 0.15) is 25.7 Å². The molecule has 1 heterocycles. The SMILES string of the molecule is Cl.NCCCC(=O)N1CCC(NC(=O)Nc2ccccc2)CC1. The number of anilines is 1. The number of rotatable bonds is 5. The molecule has 0 bridgehead atoms. The maximum absolute atomic E-state index is 11.9. The standard InChI is InChI=1S/C16H24N4O2.ClH/c17-10-4-7-15(21)20-11-8-14(9-12-20)19-16(22)18-13-5-2-1-3-6-13;/h1-3,5-6,14H,4,7-12,17H2,(H2,18,19,22);1H. The number of para-hydroxylation sites is 1. The minimum Gasteiger partial charge on any atom is -0.343 e. The molecule has 0 saturated carbocycles. The molecule has 128 valence electrons. The van der Waals surface area contributed by atoms with E-state index in [1.54, 1.807) is 0 Å². The first-order valence-electron chi connectivity index (χ1n) is 7.79. The van der Waals surface area contributed by atoms with E-state index in [-0.39, 0.29) is 30.4 Å². The summed E-state index contributed by atoms with van der Waals surface area (Å²) in [4.78, 5) is 25.7. The number of carbonyl (C=O) groups excluding carboxylic acids is 2. The summed E-state index contributed by atoms with van der Waals surface area (Å²) in [5.74, 6) is 0.164. The Kier molecular flexibility index (Phi) is 8.43. The fourth-order valence-corrected chi connectivity index (χ4v) is 2.56. The fourth-order valence-electron chi connectivity index (χ4n) is 2.56. The largest absolute Gasteiger partial charge is 0.343 e. The van der Waals surface area contributed by atoms with Crippen LogP contribution in [0.25, 0.3) is 0 Å². The van der Waals surface area contributed by atoms with Crippen molar-refractivity contribution in [2.75, 3.05) is 25.0 Å². The quantitative estimate of drug-likeness (QED) is 0.765. The van der Waals surface area contributed by atoms with Crippen molar-refractivity contribution in [2.24, 2.45) is 5.73 Å². The van der Waals surface area contributed by atoms with Gasteiger partial charge >= 0.3 is 6.03 Å². The third kappa shape index (κ3) is 6.46. The molecular formula is C16H25ClN4O2. The van der Waals surface area contributed by atoms with Crippen LogP contribution < -0.4 is 16.4 Å². The highest BCUT2D eigenvalue weighted by Gasteiger charge is 2.23. The maximum Gasteiger partial charge on any atom is 0.319 e. The molecule has 4 N–H and O–H groups in total. The van der Waals surface area contributed by atoms with E-state index < -0.39 is 0 Å². The lowest BCUT2D eigenvalue weighted by molar-refractivity contribution is -0.132. The van der Waals surface area contributed by atoms with Gasteiger partial charge in [0.15, 0.2) is 0 Å². The predicted molar refractivity (Wildman–Crippen MR) is 93.7 cm³/mol. The van der Waals surface area contributed by atoms with E-state index in [1.807, 2.05) is 35.2 Å². The number of nitrogens with two attached hydrogens (primary N) is 1. The summed E-state index contributed by atoms with van der Waals surface area (Å²) in [5.41, 5.74) is 6.19. The third-order valence-corrected chi connectivity index (χ3v) is 3.81. The predicted octanol–water partition coefficient (Wildman–Crippen LogP) is 1.96. The molecule has 1 aliphatic rings. The second-order valence-electron chi connectivity index (χ2n) is 5.51. The number of likely N-dealkylation sites (tertiary alicyclic amines) is 1. The van der Waals surface area contributed by atoms with Crippen LogP contribution in [0, 0.1) is 0 Å². The van der Waals surface area contributed by atoms with Gasteiger partial charge in [-0.25, -0.2) is 4.79 Å². The number of halogens is 1. The fraction of sp³-hybridized carbons (Fsp3) is 0.500. The van der Waals surface area contributed by atoms with E-state index in [2.05, 4.69) is 10.6 Å². The average molecular weight is 341 g/mol. The van der Waals surface area contributed by atoms with Gasteiger partial charge in [-0.05, 0) is 37.9 Å². The maximum atomic E-state index is 11.9. The van der Waals surface area contributed by atoms with E-state index >= 15 is 0 Å². The van der Waals surface area contributed by atoms with Crippen molar-refractivity contribution in [1.29, 1.82) is 0 Å². The van der Waals surface area contributed by atoms with Gasteiger partial charge in [0.05, 0.1) is 0 Å². The second kappa shape index (κ2) is 10.1. The summed E-state index contributed by atoms with van der Waals surface area (Å²) in [6.45, 7) is 1.93. The van der Waals surface area contributed by atoms with Crippen molar-refractivity contribution >= 4 is 30.0 Å². The van der Waals surface area contributed by atoms with Crippen LogP contribution in [0.15, 0.2) is 30.3 Å². The van der Waals surface area contributed by atoms with Gasteiger partial charge in [0, 0.05) is 31.2 Å². The number of amides is 3. The lowest BCUT2D eigenvalue weighted by atomic mass is 10.0. The molecule has 1 fully saturated rings. The van der Waals surface area contributed by atoms with Crippen molar-refractivity contribution in [3.8, 4) is 0 Å². The van der Waals surface area contributed by atoms with Crippen LogP contribution in [0.4, 0.5) is 10.5 Å². The number of benzene rings is 1. The Hall–Kier alpha value is -1.79. The molecule has 1 aromatic carbocycles. The van der Waals surface area contributed by atoms with Gasteiger partial charge in [0.25, 0.3) is 0 Å². The Balaban J connectivity index is 0.00000264. The number of carbonyl (C=O) groups is 2. The topological polar surface area (TPSA) is 87.5 Å². The van der Waals surface area contributed by atoms with Gasteiger partial charge in [-0.3, -0.25) is 4.79 Å². The summed E-state index contributed by atoms with van der Waals surface area (Å²) in [6.07, 6.45) is 2.83. The van der Waals surface area contributed by atoms with Gasteiger partial charge < -0.3 is 21.3 Å². The smallest absolute Gasteiger partial charge is 0.319 e. The molecule has 1 aromatic rings. The lowest BCUT2D eigenvalue weighted by Crippen LogP contribution is -2.47. The van der Waals surface area contributed by atoms with Crippen LogP contribution in [0.3, 0.4) is 0 Å². The van der Waals surface area contributed by atoms with Crippen LogP contribution in [0.5, 0.6) is 0 Å². The molecule has 7 heteroatoms. The molecule has 0 unspecified atom stereocenters. The molecule has 0 radical (unpaired) electrons. The van der Waals surface area contributed by atoms with Gasteiger partial charge in [0.2, 0.25) is 5.91 Å². The van der Waals surface area contributed by atoms with Gasteiger partial charge in [-0.2, -0.15) is 0 Å². The summed E-state index contributed by atoms with van der Waals surface area (Å²) in [5, 5.41) is 5.77. The van der Waals surface area contributed by atoms with E-state index in [1.165, 1.54) is 0 Å². The van der Waals surface area contributed by atoms with Gasteiger partial charge in [-0.15, -0.1) is 12.4 Å². The van der Waals surface area contributed by atoms with E-state index in [0.717, 1.165) is 24.9 Å². The molecule has 0 spiro atoms. The zero-order valence-electron chi connectivity index (χ0n) is 13.2. The molecule has 3 amide bonds. The van der Waals surface area contributed by atoms with Crippen molar-refractivity contribution in [2.45, 2.75) is 31.7 Å². The third-order valence-electron chi connectivity index (χ3n) is 3.81. The zero-order chi connectivity index (χ0) is 15.8. The molecule has 1 saturated heterocycles. The van der Waals surface area contributed by atoms with Crippen molar-refractivity contribution in [3.05, 3.63) is 30.3 Å². The number of hydrogen-bond donors (Lipinski definition) is 3. The first kappa shape index (κ1) is 19.3. The number of nitrogens with zero attached hydrogens (tertiary/aromatic N) is 1. The van der Waals surface area contributed by atoms with Gasteiger partial charge in [0.1, 0.15) is 0 Å². The monoisotopic (exact) mass is 340 g/mol. The Labute approximate surface area is 143 Å². The van der Waals surface area contributed by atoms with Crippen molar-refractivity contribution < 1.29 is 9.59 Å². The zero-order valence-corrected chi connectivity index (χ0v) is 14.0. The summed E-state index contributed by atoms with van der Waals surface area (Å²) < 4.78 is 0. The van der Waals surface area contributed by atoms with E-state index in [9.17, 15) is 9.59 Å². The highest BCUT2D eigenvalue weighted by molar-refractivity contribution is 5.89. The Bertz CT molecular complexity index is 490. The first-order chi connectivity index (χ1) is 10.7. The summed E-state index contributed by atoms with van der Waals surface area (Å²) >= 11 is 0. The molecule has 23 heavy (non-hydrogen) atoms. The minimum absolute atomic E-state index is 0. The van der Waals surface area contributed by atoms with Crippen molar-refractivity contribution in [3.63, 3.8) is 0 Å². The van der Waals surface area contributed by atoms with Crippen LogP contribution >= 0.6 is 12.4 Å². The number of nitrogens with one attached hydrogen (secondary N) is 2. The van der Waals surface area contributed by atoms with Crippen LogP contribution in [0.2, 0.25) is 0 Å². The molecular weight excluding hydrogens is 316 g/mol. The second-order valence-corrected chi connectivity index (χ2v) is 5.51. The molecule has 1 aliphatic heterocycles. The molecule has 2 rings (SSSR count). The summed E-state index contributed by atoms with van der Waals surface area (Å²) in [6, 6.07) is 9.26. The highest BCUT2D eigenvalue weighted by atomic mass is 35.5. The average Bonchev–Trinajstić information content (AvgIpc) is 2.54. The number of piperidine rings is 1. The Morgan fingerprint density at radius 1 is 1.17 bits per heavy atom. The lowest BCUT2D eigenvalue weighted by Gasteiger charge is -2.32. The molecule has 0 aromatic heterocycles. The number of hydrogen-bond acceptors (Lipinski definition) is 3. The molecule has 6 nitrogen and oxygen atoms in total. The van der Waals surface area contributed by atoms with E-state index in [0.29, 0.717) is 26.1 Å². The molecule has 0 atom stereocenters. The minimum atomic E-state index is -0.195. The first-order valence-corrected chi connectivity index (χ1v) is 7.79. The van der Waals surface area contributed by atoms with Crippen LogP contribution in [-0.2, 0) is 4.79 Å². The normalized spacial score (nSPS) is 14.7. The summed E-state index contributed by atoms with van der Waals surface area (Å²) in [7, 11) is 0. The highest BCUT2D eigenvalue weighted by Crippen LogP contribution is 2.12.